The molecule has 1 heterocycles. The van der Waals surface area contributed by atoms with Crippen molar-refractivity contribution in [3.63, 3.8) is 0 Å². The first-order valence-corrected chi connectivity index (χ1v) is 6.95. The van der Waals surface area contributed by atoms with Gasteiger partial charge in [-0.25, -0.2) is 0 Å². The maximum atomic E-state index is 3.68. The lowest BCUT2D eigenvalue weighted by atomic mass is 10.0. The molecule has 1 N–H and O–H groups in total. The second-order valence-electron chi connectivity index (χ2n) is 6.81. The summed E-state index contributed by atoms with van der Waals surface area (Å²) in [6.45, 7) is 14.6. The summed E-state index contributed by atoms with van der Waals surface area (Å²) in [6.07, 6.45) is 2.75. The highest BCUT2D eigenvalue weighted by molar-refractivity contribution is 4.97. The fourth-order valence-electron chi connectivity index (χ4n) is 2.84. The zero-order chi connectivity index (χ0) is 11.8. The maximum absolute atomic E-state index is 3.68. The molecule has 94 valence electrons. The van der Waals surface area contributed by atoms with Gasteiger partial charge in [-0.15, -0.1) is 0 Å². The van der Waals surface area contributed by atoms with Crippen molar-refractivity contribution in [1.82, 2.24) is 10.2 Å². The second kappa shape index (κ2) is 4.66. The van der Waals surface area contributed by atoms with Crippen LogP contribution in [-0.2, 0) is 0 Å². The Morgan fingerprint density at radius 1 is 1.38 bits per heavy atom. The van der Waals surface area contributed by atoms with Gasteiger partial charge in [0.2, 0.25) is 0 Å². The minimum atomic E-state index is 0.632. The van der Waals surface area contributed by atoms with Gasteiger partial charge in [-0.2, -0.15) is 0 Å². The molecule has 1 aliphatic heterocycles. The molecule has 0 radical (unpaired) electrons. The van der Waals surface area contributed by atoms with Crippen molar-refractivity contribution < 1.29 is 0 Å². The molecule has 2 fully saturated rings. The van der Waals surface area contributed by atoms with Gasteiger partial charge >= 0.3 is 0 Å². The molecule has 0 aromatic carbocycles. The normalized spacial score (nSPS) is 35.1. The molecular formula is C14H28N2. The molecule has 0 aromatic rings. The van der Waals surface area contributed by atoms with Gasteiger partial charge in [0.25, 0.3) is 0 Å². The van der Waals surface area contributed by atoms with Gasteiger partial charge < -0.3 is 10.2 Å². The third-order valence-corrected chi connectivity index (χ3v) is 4.51. The number of rotatable bonds is 3. The topological polar surface area (TPSA) is 15.3 Å². The minimum absolute atomic E-state index is 0.632. The van der Waals surface area contributed by atoms with Crippen LogP contribution in [0, 0.1) is 17.3 Å². The third kappa shape index (κ3) is 2.98. The molecule has 2 heteroatoms. The number of hydrogen-bond acceptors (Lipinski definition) is 2. The SMILES string of the molecule is CC(C)C1CN(CC2CC2(C)C)CCCN1. The van der Waals surface area contributed by atoms with E-state index in [0.717, 1.165) is 11.8 Å². The van der Waals surface area contributed by atoms with E-state index in [4.69, 9.17) is 0 Å². The Kier molecular flexibility index (Phi) is 3.60. The predicted molar refractivity (Wildman–Crippen MR) is 69.6 cm³/mol. The first kappa shape index (κ1) is 12.4. The van der Waals surface area contributed by atoms with Crippen LogP contribution in [0.1, 0.15) is 40.5 Å². The lowest BCUT2D eigenvalue weighted by molar-refractivity contribution is 0.228. The van der Waals surface area contributed by atoms with Crippen LogP contribution in [0.2, 0.25) is 0 Å². The summed E-state index contributed by atoms with van der Waals surface area (Å²) in [5, 5.41) is 3.68. The summed E-state index contributed by atoms with van der Waals surface area (Å²) in [4.78, 5) is 2.70. The Balaban J connectivity index is 1.84. The molecule has 2 atom stereocenters. The lowest BCUT2D eigenvalue weighted by Gasteiger charge is -2.27. The van der Waals surface area contributed by atoms with E-state index < -0.39 is 0 Å². The molecule has 1 saturated carbocycles. The summed E-state index contributed by atoms with van der Waals surface area (Å²) in [7, 11) is 0. The predicted octanol–water partition coefficient (Wildman–Crippen LogP) is 2.35. The van der Waals surface area contributed by atoms with Gasteiger partial charge in [0, 0.05) is 19.1 Å². The Morgan fingerprint density at radius 2 is 2.06 bits per heavy atom. The van der Waals surface area contributed by atoms with Crippen molar-refractivity contribution in [2.24, 2.45) is 17.3 Å². The fraction of sp³-hybridized carbons (Fsp3) is 1.00. The van der Waals surface area contributed by atoms with E-state index in [1.54, 1.807) is 0 Å². The van der Waals surface area contributed by atoms with E-state index in [1.807, 2.05) is 0 Å². The van der Waals surface area contributed by atoms with Gasteiger partial charge in [-0.05, 0) is 43.2 Å². The third-order valence-electron chi connectivity index (χ3n) is 4.51. The minimum Gasteiger partial charge on any atom is -0.312 e. The molecule has 1 saturated heterocycles. The Morgan fingerprint density at radius 3 is 2.62 bits per heavy atom. The van der Waals surface area contributed by atoms with E-state index >= 15 is 0 Å². The smallest absolute Gasteiger partial charge is 0.0217 e. The Hall–Kier alpha value is -0.0800. The molecule has 2 unspecified atom stereocenters. The molecule has 2 aliphatic rings. The summed E-state index contributed by atoms with van der Waals surface area (Å²) in [5.41, 5.74) is 0.632. The number of nitrogens with one attached hydrogen (secondary N) is 1. The number of nitrogens with zero attached hydrogens (tertiary/aromatic N) is 1. The van der Waals surface area contributed by atoms with E-state index in [0.29, 0.717) is 11.5 Å². The van der Waals surface area contributed by atoms with Crippen LogP contribution < -0.4 is 5.32 Å². The molecule has 0 bridgehead atoms. The van der Waals surface area contributed by atoms with Gasteiger partial charge in [-0.1, -0.05) is 27.7 Å². The molecule has 1 aliphatic carbocycles. The van der Waals surface area contributed by atoms with Gasteiger partial charge in [0.05, 0.1) is 0 Å². The summed E-state index contributed by atoms with van der Waals surface area (Å²) in [6, 6.07) is 0.698. The van der Waals surface area contributed by atoms with Crippen molar-refractivity contribution >= 4 is 0 Å². The summed E-state index contributed by atoms with van der Waals surface area (Å²) < 4.78 is 0. The maximum Gasteiger partial charge on any atom is 0.0217 e. The van der Waals surface area contributed by atoms with Gasteiger partial charge in [-0.3, -0.25) is 0 Å². The molecule has 0 spiro atoms. The zero-order valence-electron chi connectivity index (χ0n) is 11.4. The Bertz CT molecular complexity index is 235. The van der Waals surface area contributed by atoms with Crippen LogP contribution in [0.4, 0.5) is 0 Å². The van der Waals surface area contributed by atoms with Crippen molar-refractivity contribution in [1.29, 1.82) is 0 Å². The lowest BCUT2D eigenvalue weighted by Crippen LogP contribution is -2.42. The van der Waals surface area contributed by atoms with Gasteiger partial charge in [0.15, 0.2) is 0 Å². The molecule has 2 rings (SSSR count). The first-order chi connectivity index (χ1) is 7.49. The highest BCUT2D eigenvalue weighted by atomic mass is 15.2. The van der Waals surface area contributed by atoms with E-state index in [-0.39, 0.29) is 0 Å². The quantitative estimate of drug-likeness (QED) is 0.791. The highest BCUT2D eigenvalue weighted by Gasteiger charge is 2.46. The van der Waals surface area contributed by atoms with Crippen LogP contribution >= 0.6 is 0 Å². The average molecular weight is 224 g/mol. The molecule has 0 amide bonds. The number of hydrogen-bond donors (Lipinski definition) is 1. The van der Waals surface area contributed by atoms with Gasteiger partial charge in [0.1, 0.15) is 0 Å². The summed E-state index contributed by atoms with van der Waals surface area (Å²) >= 11 is 0. The van der Waals surface area contributed by atoms with E-state index in [2.05, 4.69) is 37.9 Å². The van der Waals surface area contributed by atoms with Crippen LogP contribution in [0.5, 0.6) is 0 Å². The monoisotopic (exact) mass is 224 g/mol. The Labute approximate surface area is 101 Å². The largest absolute Gasteiger partial charge is 0.312 e. The fourth-order valence-corrected chi connectivity index (χ4v) is 2.84. The molecule has 2 nitrogen and oxygen atoms in total. The molecular weight excluding hydrogens is 196 g/mol. The average Bonchev–Trinajstić information content (AvgIpc) is 2.84. The van der Waals surface area contributed by atoms with Crippen LogP contribution in [-0.4, -0.2) is 37.1 Å². The molecule has 16 heavy (non-hydrogen) atoms. The van der Waals surface area contributed by atoms with Crippen molar-refractivity contribution in [2.75, 3.05) is 26.2 Å². The van der Waals surface area contributed by atoms with Crippen molar-refractivity contribution in [3.05, 3.63) is 0 Å². The second-order valence-corrected chi connectivity index (χ2v) is 6.81. The summed E-state index contributed by atoms with van der Waals surface area (Å²) in [5.74, 6) is 1.71. The van der Waals surface area contributed by atoms with E-state index in [9.17, 15) is 0 Å². The van der Waals surface area contributed by atoms with Crippen molar-refractivity contribution in [3.8, 4) is 0 Å². The standard InChI is InChI=1S/C14H28N2/c1-11(2)13-10-16(7-5-6-15-13)9-12-8-14(12,3)4/h11-13,15H,5-10H2,1-4H3. The zero-order valence-corrected chi connectivity index (χ0v) is 11.4. The van der Waals surface area contributed by atoms with E-state index in [1.165, 1.54) is 39.0 Å². The van der Waals surface area contributed by atoms with Crippen LogP contribution in [0.3, 0.4) is 0 Å². The molecule has 0 aromatic heterocycles. The van der Waals surface area contributed by atoms with Crippen LogP contribution in [0.15, 0.2) is 0 Å². The van der Waals surface area contributed by atoms with Crippen LogP contribution in [0.25, 0.3) is 0 Å². The van der Waals surface area contributed by atoms with Crippen molar-refractivity contribution in [2.45, 2.75) is 46.6 Å². The highest BCUT2D eigenvalue weighted by Crippen LogP contribution is 2.51. The first-order valence-electron chi connectivity index (χ1n) is 6.95.